The topological polar surface area (TPSA) is 95.9 Å². The summed E-state index contributed by atoms with van der Waals surface area (Å²) in [5.41, 5.74) is 0.957. The van der Waals surface area contributed by atoms with Crippen molar-refractivity contribution < 1.29 is 28.9 Å². The number of para-hydroxylation sites is 1. The first-order chi connectivity index (χ1) is 13.0. The molecule has 6 nitrogen and oxygen atoms in total. The van der Waals surface area contributed by atoms with Crippen LogP contribution in [0.3, 0.4) is 0 Å². The van der Waals surface area contributed by atoms with Crippen LogP contribution < -0.4 is 5.32 Å². The number of hydrogen-bond donors (Lipinski definition) is 3. The third-order valence-corrected chi connectivity index (χ3v) is 3.71. The largest absolute Gasteiger partial charge is 0.505 e. The van der Waals surface area contributed by atoms with E-state index >= 15 is 0 Å². The monoisotopic (exact) mass is 373 g/mol. The Balaban J connectivity index is 2.04. The van der Waals surface area contributed by atoms with Crippen LogP contribution in [0.5, 0.6) is 5.75 Å². The van der Waals surface area contributed by atoms with Gasteiger partial charge in [0.2, 0.25) is 0 Å². The molecule has 2 aromatic carbocycles. The highest BCUT2D eigenvalue weighted by Gasteiger charge is 2.18. The summed E-state index contributed by atoms with van der Waals surface area (Å²) >= 11 is 0. The van der Waals surface area contributed by atoms with Crippen molar-refractivity contribution in [3.63, 3.8) is 0 Å². The zero-order valence-corrected chi connectivity index (χ0v) is 14.5. The number of rotatable bonds is 8. The average molecular weight is 373 g/mol. The zero-order valence-electron chi connectivity index (χ0n) is 14.5. The van der Waals surface area contributed by atoms with E-state index in [1.807, 2.05) is 6.07 Å². The molecule has 0 bridgehead atoms. The van der Waals surface area contributed by atoms with E-state index < -0.39 is 29.7 Å². The third kappa shape index (κ3) is 6.81. The van der Waals surface area contributed by atoms with Crippen molar-refractivity contribution in [2.75, 3.05) is 5.32 Å². The van der Waals surface area contributed by atoms with E-state index in [0.29, 0.717) is 30.5 Å². The molecular weight excluding hydrogens is 353 g/mol. The highest BCUT2D eigenvalue weighted by atomic mass is 19.1. The van der Waals surface area contributed by atoms with Crippen molar-refractivity contribution in [2.24, 2.45) is 0 Å². The lowest BCUT2D eigenvalue weighted by Crippen LogP contribution is -2.17. The number of hydrogen-bond acceptors (Lipinski definition) is 4. The number of aliphatic carboxylic acids is 1. The molecule has 3 N–H and O–H groups in total. The second-order valence-electron chi connectivity index (χ2n) is 5.77. The summed E-state index contributed by atoms with van der Waals surface area (Å²) in [5, 5.41) is 20.5. The number of halogens is 1. The molecule has 0 aliphatic carbocycles. The lowest BCUT2D eigenvalue weighted by Gasteiger charge is -2.19. The summed E-state index contributed by atoms with van der Waals surface area (Å²) in [6, 6.07) is 12.5. The van der Waals surface area contributed by atoms with Gasteiger partial charge in [-0.1, -0.05) is 30.3 Å². The molecule has 0 heterocycles. The Hall–Kier alpha value is -3.35. The molecule has 0 unspecified atom stereocenters. The molecule has 0 aromatic heterocycles. The first kappa shape index (κ1) is 20.0. The van der Waals surface area contributed by atoms with Crippen molar-refractivity contribution in [1.29, 1.82) is 0 Å². The number of amides is 1. The van der Waals surface area contributed by atoms with Crippen LogP contribution in [0, 0.1) is 5.82 Å². The molecule has 7 heteroatoms. The molecule has 2 rings (SSSR count). The number of anilines is 1. The number of phenols is 1. The van der Waals surface area contributed by atoms with Gasteiger partial charge in [-0.05, 0) is 49.1 Å². The number of carboxylic acids is 1. The Kier molecular flexibility index (Phi) is 7.37. The molecular formula is C20H20FNO5. The summed E-state index contributed by atoms with van der Waals surface area (Å²) in [5.74, 6) is -2.34. The Morgan fingerprint density at radius 3 is 2.59 bits per heavy atom. The second-order valence-corrected chi connectivity index (χ2v) is 5.77. The van der Waals surface area contributed by atoms with Crippen molar-refractivity contribution >= 4 is 17.7 Å². The van der Waals surface area contributed by atoms with Gasteiger partial charge in [-0.2, -0.15) is 0 Å². The summed E-state index contributed by atoms with van der Waals surface area (Å²) in [4.78, 5) is 22.6. The number of carbonyl (C=O) groups excluding carboxylic acids is 1. The van der Waals surface area contributed by atoms with Crippen LogP contribution in [-0.4, -0.2) is 22.3 Å². The Morgan fingerprint density at radius 2 is 1.93 bits per heavy atom. The molecule has 0 saturated carbocycles. The fourth-order valence-electron chi connectivity index (χ4n) is 2.42. The summed E-state index contributed by atoms with van der Waals surface area (Å²) in [6.07, 6.45) is 2.45. The van der Waals surface area contributed by atoms with Crippen LogP contribution >= 0.6 is 0 Å². The van der Waals surface area contributed by atoms with Crippen LogP contribution in [0.15, 0.2) is 60.7 Å². The number of ether oxygens (including phenoxy) is 1. The van der Waals surface area contributed by atoms with E-state index in [4.69, 9.17) is 9.84 Å². The molecule has 0 fully saturated rings. The lowest BCUT2D eigenvalue weighted by atomic mass is 10.0. The predicted octanol–water partition coefficient (Wildman–Crippen LogP) is 4.63. The van der Waals surface area contributed by atoms with Gasteiger partial charge in [0.15, 0.2) is 11.6 Å². The molecule has 27 heavy (non-hydrogen) atoms. The van der Waals surface area contributed by atoms with Crippen molar-refractivity contribution in [2.45, 2.75) is 25.4 Å². The second kappa shape index (κ2) is 9.96. The molecule has 0 spiro atoms. The van der Waals surface area contributed by atoms with E-state index in [1.54, 1.807) is 24.3 Å². The highest BCUT2D eigenvalue weighted by molar-refractivity contribution is 5.84. The van der Waals surface area contributed by atoms with Crippen LogP contribution in [-0.2, 0) is 9.53 Å². The number of benzene rings is 2. The normalized spacial score (nSPS) is 11.9. The van der Waals surface area contributed by atoms with E-state index in [1.165, 1.54) is 18.2 Å². The molecule has 2 aromatic rings. The maximum absolute atomic E-state index is 13.7. The Morgan fingerprint density at radius 1 is 1.19 bits per heavy atom. The minimum Gasteiger partial charge on any atom is -0.505 e. The minimum absolute atomic E-state index is 0.358. The first-order valence-electron chi connectivity index (χ1n) is 8.36. The van der Waals surface area contributed by atoms with Crippen molar-refractivity contribution in [3.8, 4) is 5.75 Å². The van der Waals surface area contributed by atoms with Gasteiger partial charge in [-0.25, -0.2) is 14.0 Å². The van der Waals surface area contributed by atoms with Gasteiger partial charge in [0.25, 0.3) is 0 Å². The fraction of sp³-hybridized carbons (Fsp3) is 0.200. The van der Waals surface area contributed by atoms with E-state index in [0.717, 1.165) is 12.1 Å². The third-order valence-electron chi connectivity index (χ3n) is 3.71. The Labute approximate surface area is 155 Å². The smallest absolute Gasteiger partial charge is 0.412 e. The number of carbonyl (C=O) groups is 2. The number of unbranched alkanes of at least 4 members (excludes halogenated alkanes) is 1. The molecule has 1 atom stereocenters. The number of allylic oxidation sites excluding steroid dienone is 1. The zero-order chi connectivity index (χ0) is 19.6. The minimum atomic E-state index is -1.04. The molecule has 1 amide bonds. The van der Waals surface area contributed by atoms with Crippen molar-refractivity contribution in [1.82, 2.24) is 0 Å². The van der Waals surface area contributed by atoms with E-state index in [9.17, 15) is 19.1 Å². The van der Waals surface area contributed by atoms with Crippen LogP contribution in [0.4, 0.5) is 14.9 Å². The van der Waals surface area contributed by atoms with E-state index in [2.05, 4.69) is 5.32 Å². The standard InChI is InChI=1S/C20H20FNO5/c21-16-13-14(11-12-17(16)23)18(9-5-2-6-10-19(24)25)27-20(26)22-15-7-3-1-4-8-15/h1,3-4,6-8,10-13,18,23H,2,5,9H2,(H,22,26)(H,24,25)/b10-6+/t18-/m1/s1. The van der Waals surface area contributed by atoms with E-state index in [-0.39, 0.29) is 0 Å². The Bertz CT molecular complexity index is 807. The van der Waals surface area contributed by atoms with Crippen LogP contribution in [0.2, 0.25) is 0 Å². The molecule has 0 aliphatic rings. The van der Waals surface area contributed by atoms with Gasteiger partial charge in [-0.15, -0.1) is 0 Å². The molecule has 0 radical (unpaired) electrons. The number of nitrogens with one attached hydrogen (secondary N) is 1. The van der Waals surface area contributed by atoms with Gasteiger partial charge < -0.3 is 14.9 Å². The molecule has 0 saturated heterocycles. The number of aromatic hydroxyl groups is 1. The summed E-state index contributed by atoms with van der Waals surface area (Å²) in [7, 11) is 0. The lowest BCUT2D eigenvalue weighted by molar-refractivity contribution is -0.131. The quantitative estimate of drug-likeness (QED) is 0.463. The maximum atomic E-state index is 13.7. The van der Waals surface area contributed by atoms with Crippen molar-refractivity contribution in [3.05, 3.63) is 72.1 Å². The average Bonchev–Trinajstić information content (AvgIpc) is 2.63. The number of carboxylic acid groups (broad SMARTS) is 1. The fourth-order valence-corrected chi connectivity index (χ4v) is 2.42. The van der Waals surface area contributed by atoms with Crippen LogP contribution in [0.1, 0.15) is 30.9 Å². The van der Waals surface area contributed by atoms with Gasteiger partial charge in [0, 0.05) is 11.8 Å². The highest BCUT2D eigenvalue weighted by Crippen LogP contribution is 2.28. The van der Waals surface area contributed by atoms with Gasteiger partial charge in [0.05, 0.1) is 0 Å². The molecule has 142 valence electrons. The number of phenolic OH excluding ortho intramolecular Hbond substituents is 1. The van der Waals surface area contributed by atoms with Crippen LogP contribution in [0.25, 0.3) is 0 Å². The van der Waals surface area contributed by atoms with Gasteiger partial charge >= 0.3 is 12.1 Å². The van der Waals surface area contributed by atoms with Gasteiger partial charge in [0.1, 0.15) is 6.10 Å². The first-order valence-corrected chi connectivity index (χ1v) is 8.36. The predicted molar refractivity (Wildman–Crippen MR) is 98.0 cm³/mol. The van der Waals surface area contributed by atoms with Gasteiger partial charge in [-0.3, -0.25) is 5.32 Å². The summed E-state index contributed by atoms with van der Waals surface area (Å²) in [6.45, 7) is 0. The SMILES string of the molecule is O=C(O)/C=C/CCC[C@@H](OC(=O)Nc1ccccc1)c1ccc(O)c(F)c1. The molecule has 0 aliphatic heterocycles. The maximum Gasteiger partial charge on any atom is 0.412 e. The summed E-state index contributed by atoms with van der Waals surface area (Å²) < 4.78 is 19.1.